The lowest BCUT2D eigenvalue weighted by Crippen LogP contribution is -2.47. The summed E-state index contributed by atoms with van der Waals surface area (Å²) in [6.45, 7) is 5.07. The minimum atomic E-state index is 0. The average Bonchev–Trinajstić information content (AvgIpc) is 3.40. The Morgan fingerprint density at radius 1 is 1.39 bits per heavy atom. The third-order valence-corrected chi connectivity index (χ3v) is 5.03. The van der Waals surface area contributed by atoms with Crippen LogP contribution in [0.3, 0.4) is 0 Å². The lowest BCUT2D eigenvalue weighted by molar-refractivity contribution is 0.117. The van der Waals surface area contributed by atoms with Gasteiger partial charge in [-0.25, -0.2) is 9.67 Å². The Balaban J connectivity index is 0.00000225. The van der Waals surface area contributed by atoms with E-state index in [4.69, 9.17) is 14.1 Å². The average molecular weight is 500 g/mol. The molecule has 154 valence electrons. The molecule has 0 radical (unpaired) electrons. The number of guanidine groups is 1. The molecule has 0 amide bonds. The van der Waals surface area contributed by atoms with E-state index in [0.29, 0.717) is 6.54 Å². The molecule has 8 nitrogen and oxygen atoms in total. The number of aromatic nitrogens is 3. The van der Waals surface area contributed by atoms with Crippen molar-refractivity contribution < 1.29 is 9.15 Å². The number of nitrogens with one attached hydrogen (secondary N) is 2. The largest absolute Gasteiger partial charge is 0.469 e. The molecule has 2 unspecified atom stereocenters. The summed E-state index contributed by atoms with van der Waals surface area (Å²) in [5.74, 6) is 3.73. The number of ether oxygens (including phenoxy) is 1. The molecule has 2 atom stereocenters. The molecular formula is C19H29IN6O2. The van der Waals surface area contributed by atoms with Gasteiger partial charge in [-0.3, -0.25) is 4.99 Å². The Bertz CT molecular complexity index is 755. The first-order valence-corrected chi connectivity index (χ1v) is 9.85. The third-order valence-electron chi connectivity index (χ3n) is 5.03. The molecule has 4 heterocycles. The standard InChI is InChI=1S/C19H28N6O2.HI/c1-14-22-18-7-6-15(13-25(18)24-14)23-19(21-12-17-5-3-11-27-17)20-9-8-16-4-2-10-26-16;/h2,4,10,15,17H,3,5-9,11-13H2,1H3,(H2,20,21,23);1H. The zero-order chi connectivity index (χ0) is 18.5. The van der Waals surface area contributed by atoms with E-state index < -0.39 is 0 Å². The SMILES string of the molecule is Cc1nc2n(n1)CC(NC(=NCC1CCCO1)NCCc1ccco1)CC2.I. The van der Waals surface area contributed by atoms with Crippen LogP contribution in [0, 0.1) is 6.92 Å². The van der Waals surface area contributed by atoms with Crippen LogP contribution >= 0.6 is 24.0 Å². The lowest BCUT2D eigenvalue weighted by Gasteiger charge is -2.25. The highest BCUT2D eigenvalue weighted by Gasteiger charge is 2.22. The van der Waals surface area contributed by atoms with Gasteiger partial charge in [-0.05, 0) is 38.3 Å². The molecule has 2 aliphatic heterocycles. The number of furan rings is 1. The van der Waals surface area contributed by atoms with Gasteiger partial charge in [-0.1, -0.05) is 0 Å². The van der Waals surface area contributed by atoms with Gasteiger partial charge in [-0.15, -0.1) is 24.0 Å². The van der Waals surface area contributed by atoms with Crippen molar-refractivity contribution in [1.29, 1.82) is 0 Å². The van der Waals surface area contributed by atoms with Crippen LogP contribution in [0.4, 0.5) is 0 Å². The summed E-state index contributed by atoms with van der Waals surface area (Å²) in [5, 5.41) is 11.5. The number of rotatable bonds is 6. The zero-order valence-electron chi connectivity index (χ0n) is 16.3. The molecule has 28 heavy (non-hydrogen) atoms. The molecule has 2 N–H and O–H groups in total. The molecule has 2 aromatic rings. The molecule has 2 aromatic heterocycles. The molecule has 0 bridgehead atoms. The van der Waals surface area contributed by atoms with Gasteiger partial charge >= 0.3 is 0 Å². The lowest BCUT2D eigenvalue weighted by atomic mass is 10.1. The van der Waals surface area contributed by atoms with E-state index in [1.807, 2.05) is 23.7 Å². The number of hydrogen-bond donors (Lipinski definition) is 2. The van der Waals surface area contributed by atoms with Crippen LogP contribution in [-0.2, 0) is 24.1 Å². The maximum Gasteiger partial charge on any atom is 0.191 e. The van der Waals surface area contributed by atoms with Crippen LogP contribution in [0.15, 0.2) is 27.8 Å². The van der Waals surface area contributed by atoms with Gasteiger partial charge in [-0.2, -0.15) is 5.10 Å². The second-order valence-electron chi connectivity index (χ2n) is 7.22. The molecule has 0 aromatic carbocycles. The quantitative estimate of drug-likeness (QED) is 0.359. The Morgan fingerprint density at radius 2 is 2.32 bits per heavy atom. The Kier molecular flexibility index (Phi) is 7.72. The molecule has 9 heteroatoms. The first-order chi connectivity index (χ1) is 13.3. The maximum absolute atomic E-state index is 5.71. The van der Waals surface area contributed by atoms with Crippen LogP contribution in [0.2, 0.25) is 0 Å². The predicted molar refractivity (Wildman–Crippen MR) is 117 cm³/mol. The van der Waals surface area contributed by atoms with Gasteiger partial charge in [0.05, 0.1) is 25.5 Å². The van der Waals surface area contributed by atoms with Gasteiger partial charge in [0.15, 0.2) is 5.96 Å². The van der Waals surface area contributed by atoms with Crippen LogP contribution < -0.4 is 10.6 Å². The topological polar surface area (TPSA) is 89.5 Å². The number of nitrogens with zero attached hydrogens (tertiary/aromatic N) is 4. The fraction of sp³-hybridized carbons (Fsp3) is 0.632. The Morgan fingerprint density at radius 3 is 3.11 bits per heavy atom. The van der Waals surface area contributed by atoms with Crippen LogP contribution in [-0.4, -0.2) is 52.6 Å². The second-order valence-corrected chi connectivity index (χ2v) is 7.22. The molecule has 4 rings (SSSR count). The number of fused-ring (bicyclic) bond motifs is 1. The molecule has 0 saturated carbocycles. The van der Waals surface area contributed by atoms with Crippen molar-refractivity contribution in [1.82, 2.24) is 25.4 Å². The van der Waals surface area contributed by atoms with Crippen molar-refractivity contribution in [3.05, 3.63) is 35.8 Å². The monoisotopic (exact) mass is 500 g/mol. The fourth-order valence-corrected chi connectivity index (χ4v) is 3.64. The van der Waals surface area contributed by atoms with Crippen molar-refractivity contribution in [2.45, 2.75) is 57.7 Å². The molecule has 2 aliphatic rings. The van der Waals surface area contributed by atoms with E-state index in [1.54, 1.807) is 6.26 Å². The summed E-state index contributed by atoms with van der Waals surface area (Å²) in [4.78, 5) is 9.26. The van der Waals surface area contributed by atoms with E-state index in [9.17, 15) is 0 Å². The van der Waals surface area contributed by atoms with Crippen molar-refractivity contribution in [3.8, 4) is 0 Å². The molecule has 0 aliphatic carbocycles. The highest BCUT2D eigenvalue weighted by molar-refractivity contribution is 14.0. The van der Waals surface area contributed by atoms with Crippen molar-refractivity contribution in [3.63, 3.8) is 0 Å². The van der Waals surface area contributed by atoms with Gasteiger partial charge in [0.2, 0.25) is 0 Å². The van der Waals surface area contributed by atoms with Gasteiger partial charge < -0.3 is 19.8 Å². The normalized spacial score (nSPS) is 21.8. The number of hydrogen-bond acceptors (Lipinski definition) is 5. The highest BCUT2D eigenvalue weighted by atomic mass is 127. The first-order valence-electron chi connectivity index (χ1n) is 9.85. The Labute approximate surface area is 182 Å². The minimum absolute atomic E-state index is 0. The van der Waals surface area contributed by atoms with E-state index >= 15 is 0 Å². The summed E-state index contributed by atoms with van der Waals surface area (Å²) in [6.07, 6.45) is 6.95. The summed E-state index contributed by atoms with van der Waals surface area (Å²) in [6, 6.07) is 4.20. The number of halogens is 1. The van der Waals surface area contributed by atoms with E-state index in [1.165, 1.54) is 0 Å². The van der Waals surface area contributed by atoms with E-state index in [-0.39, 0.29) is 36.1 Å². The Hall–Kier alpha value is -1.62. The zero-order valence-corrected chi connectivity index (χ0v) is 18.6. The smallest absolute Gasteiger partial charge is 0.191 e. The molecule has 0 spiro atoms. The van der Waals surface area contributed by atoms with Crippen molar-refractivity contribution in [2.75, 3.05) is 19.7 Å². The molecule has 1 fully saturated rings. The fourth-order valence-electron chi connectivity index (χ4n) is 3.64. The van der Waals surface area contributed by atoms with E-state index in [2.05, 4.69) is 20.7 Å². The van der Waals surface area contributed by atoms with Crippen LogP contribution in [0.25, 0.3) is 0 Å². The predicted octanol–water partition coefficient (Wildman–Crippen LogP) is 2.07. The number of aryl methyl sites for hydroxylation is 2. The summed E-state index contributed by atoms with van der Waals surface area (Å²) in [5.41, 5.74) is 0. The maximum atomic E-state index is 5.71. The first kappa shape index (κ1) is 21.1. The van der Waals surface area contributed by atoms with Crippen molar-refractivity contribution in [2.24, 2.45) is 4.99 Å². The third kappa shape index (κ3) is 5.69. The second kappa shape index (κ2) is 10.2. The van der Waals surface area contributed by atoms with Crippen LogP contribution in [0.1, 0.15) is 36.7 Å². The van der Waals surface area contributed by atoms with Crippen LogP contribution in [0.5, 0.6) is 0 Å². The number of aliphatic imine (C=N–C) groups is 1. The van der Waals surface area contributed by atoms with Gasteiger partial charge in [0.1, 0.15) is 17.4 Å². The minimum Gasteiger partial charge on any atom is -0.469 e. The van der Waals surface area contributed by atoms with Crippen molar-refractivity contribution >= 4 is 29.9 Å². The summed E-state index contributed by atoms with van der Waals surface area (Å²) in [7, 11) is 0. The summed E-state index contributed by atoms with van der Waals surface area (Å²) < 4.78 is 13.1. The molecular weight excluding hydrogens is 471 g/mol. The molecule has 1 saturated heterocycles. The van der Waals surface area contributed by atoms with E-state index in [0.717, 1.165) is 75.2 Å². The highest BCUT2D eigenvalue weighted by Crippen LogP contribution is 2.14. The van der Waals surface area contributed by atoms with Gasteiger partial charge in [0.25, 0.3) is 0 Å². The van der Waals surface area contributed by atoms with Gasteiger partial charge in [0, 0.05) is 32.0 Å². The summed E-state index contributed by atoms with van der Waals surface area (Å²) >= 11 is 0.